The van der Waals surface area contributed by atoms with Crippen LogP contribution in [0.3, 0.4) is 0 Å². The summed E-state index contributed by atoms with van der Waals surface area (Å²) >= 11 is 0. The number of fused-ring (bicyclic) bond motifs is 1. The average molecular weight is 397 g/mol. The highest BCUT2D eigenvalue weighted by Gasteiger charge is 2.50. The van der Waals surface area contributed by atoms with Crippen LogP contribution in [0.2, 0.25) is 0 Å². The maximum absolute atomic E-state index is 10.2. The minimum absolute atomic E-state index is 0.198. The van der Waals surface area contributed by atoms with Crippen molar-refractivity contribution in [2.24, 2.45) is 29.1 Å². The Bertz CT molecular complexity index is 710. The molecule has 4 rings (SSSR count). The van der Waals surface area contributed by atoms with E-state index in [1.807, 2.05) is 0 Å². The molecule has 29 heavy (non-hydrogen) atoms. The van der Waals surface area contributed by atoms with Crippen LogP contribution >= 0.6 is 0 Å². The second-order valence-electron chi connectivity index (χ2n) is 10.6. The Morgan fingerprint density at radius 2 is 1.86 bits per heavy atom. The van der Waals surface area contributed by atoms with Gasteiger partial charge in [0.15, 0.2) is 0 Å². The molecule has 0 unspecified atom stereocenters. The van der Waals surface area contributed by atoms with Crippen LogP contribution in [0.25, 0.3) is 0 Å². The lowest BCUT2D eigenvalue weighted by molar-refractivity contribution is 0.111. The first-order valence-corrected chi connectivity index (χ1v) is 12.0. The number of allylic oxidation sites excluding steroid dienone is 5. The standard InChI is InChI=1S/C27H40O2/c1-18-6-12-23(28)17-22(18)11-8-20-5-4-16-27(3)24(13-14-25(20)27)19(2)7-15-26(29)21-9-10-21/h7-8,11,15,19,21,23-26,28-29H,1,4-6,9-10,12-14,16-17H2,2-3H3/b15-7+,20-8+,22-11-/t19-,23+,24-,25+,26+,27-/m1/s1. The van der Waals surface area contributed by atoms with Crippen LogP contribution in [-0.2, 0) is 0 Å². The molecule has 0 radical (unpaired) electrons. The molecule has 0 heterocycles. The molecule has 0 aromatic heterocycles. The van der Waals surface area contributed by atoms with Crippen molar-refractivity contribution in [3.8, 4) is 0 Å². The van der Waals surface area contributed by atoms with Gasteiger partial charge in [0.25, 0.3) is 0 Å². The van der Waals surface area contributed by atoms with Crippen LogP contribution in [0.1, 0.15) is 78.1 Å². The van der Waals surface area contributed by atoms with Gasteiger partial charge in [-0.1, -0.05) is 55.9 Å². The zero-order valence-electron chi connectivity index (χ0n) is 18.4. The van der Waals surface area contributed by atoms with Gasteiger partial charge in [0.2, 0.25) is 0 Å². The summed E-state index contributed by atoms with van der Waals surface area (Å²) in [6.07, 6.45) is 20.0. The van der Waals surface area contributed by atoms with Gasteiger partial charge in [0.1, 0.15) is 0 Å². The molecule has 0 aromatic carbocycles. The quantitative estimate of drug-likeness (QED) is 0.550. The lowest BCUT2D eigenvalue weighted by atomic mass is 9.61. The molecule has 0 bridgehead atoms. The number of aliphatic hydroxyl groups excluding tert-OH is 2. The van der Waals surface area contributed by atoms with Crippen molar-refractivity contribution in [3.05, 3.63) is 47.6 Å². The van der Waals surface area contributed by atoms with Crippen molar-refractivity contribution in [1.82, 2.24) is 0 Å². The molecule has 4 aliphatic rings. The van der Waals surface area contributed by atoms with Gasteiger partial charge in [0, 0.05) is 0 Å². The number of hydrogen-bond donors (Lipinski definition) is 2. The summed E-state index contributed by atoms with van der Waals surface area (Å²) in [4.78, 5) is 0. The van der Waals surface area contributed by atoms with Crippen LogP contribution in [0, 0.1) is 29.1 Å². The molecule has 4 aliphatic carbocycles. The summed E-state index contributed by atoms with van der Waals surface area (Å²) < 4.78 is 0. The average Bonchev–Trinajstić information content (AvgIpc) is 3.48. The van der Waals surface area contributed by atoms with E-state index in [1.54, 1.807) is 5.57 Å². The number of hydrogen-bond acceptors (Lipinski definition) is 2. The summed E-state index contributed by atoms with van der Waals surface area (Å²) in [7, 11) is 0. The van der Waals surface area contributed by atoms with Gasteiger partial charge >= 0.3 is 0 Å². The zero-order valence-corrected chi connectivity index (χ0v) is 18.4. The highest BCUT2D eigenvalue weighted by atomic mass is 16.3. The van der Waals surface area contributed by atoms with Crippen molar-refractivity contribution in [1.29, 1.82) is 0 Å². The lowest BCUT2D eigenvalue weighted by Gasteiger charge is -2.44. The molecular formula is C27H40O2. The van der Waals surface area contributed by atoms with Gasteiger partial charge in [-0.2, -0.15) is 0 Å². The van der Waals surface area contributed by atoms with Gasteiger partial charge < -0.3 is 10.2 Å². The van der Waals surface area contributed by atoms with E-state index in [1.165, 1.54) is 56.1 Å². The highest BCUT2D eigenvalue weighted by Crippen LogP contribution is 2.59. The fourth-order valence-electron chi connectivity index (χ4n) is 6.56. The van der Waals surface area contributed by atoms with Gasteiger partial charge in [-0.3, -0.25) is 0 Å². The van der Waals surface area contributed by atoms with E-state index in [2.05, 4.69) is 44.7 Å². The van der Waals surface area contributed by atoms with Crippen molar-refractivity contribution in [3.63, 3.8) is 0 Å². The predicted octanol–water partition coefficient (Wildman–Crippen LogP) is 6.12. The Balaban J connectivity index is 1.47. The Kier molecular flexibility index (Phi) is 6.23. The van der Waals surface area contributed by atoms with Crippen LogP contribution in [0.4, 0.5) is 0 Å². The van der Waals surface area contributed by atoms with Gasteiger partial charge in [-0.25, -0.2) is 0 Å². The minimum atomic E-state index is -0.227. The maximum atomic E-state index is 10.2. The first-order valence-electron chi connectivity index (χ1n) is 12.0. The van der Waals surface area contributed by atoms with Crippen molar-refractivity contribution >= 4 is 0 Å². The molecule has 2 heteroatoms. The van der Waals surface area contributed by atoms with E-state index in [0.717, 1.165) is 19.3 Å². The largest absolute Gasteiger partial charge is 0.393 e. The highest BCUT2D eigenvalue weighted by molar-refractivity contribution is 5.36. The molecule has 0 spiro atoms. The Labute approximate surface area is 177 Å². The second-order valence-corrected chi connectivity index (χ2v) is 10.6. The molecule has 4 saturated carbocycles. The predicted molar refractivity (Wildman–Crippen MR) is 120 cm³/mol. The summed E-state index contributed by atoms with van der Waals surface area (Å²) in [6, 6.07) is 0. The van der Waals surface area contributed by atoms with E-state index in [4.69, 9.17) is 0 Å². The van der Waals surface area contributed by atoms with E-state index in [-0.39, 0.29) is 12.2 Å². The third kappa shape index (κ3) is 4.49. The number of aliphatic hydroxyl groups is 2. The van der Waals surface area contributed by atoms with Gasteiger partial charge in [-0.05, 0) is 98.9 Å². The molecule has 0 aliphatic heterocycles. The molecule has 4 fully saturated rings. The van der Waals surface area contributed by atoms with Crippen molar-refractivity contribution < 1.29 is 10.2 Å². The first kappa shape index (κ1) is 21.1. The van der Waals surface area contributed by atoms with E-state index in [0.29, 0.717) is 29.1 Å². The van der Waals surface area contributed by atoms with Crippen LogP contribution in [0.15, 0.2) is 47.6 Å². The second kappa shape index (κ2) is 8.55. The van der Waals surface area contributed by atoms with Crippen molar-refractivity contribution in [2.75, 3.05) is 0 Å². The molecule has 2 N–H and O–H groups in total. The Morgan fingerprint density at radius 3 is 2.62 bits per heavy atom. The fourth-order valence-corrected chi connectivity index (χ4v) is 6.56. The summed E-state index contributed by atoms with van der Waals surface area (Å²) in [5, 5.41) is 20.2. The summed E-state index contributed by atoms with van der Waals surface area (Å²) in [5.41, 5.74) is 4.46. The third-order valence-electron chi connectivity index (χ3n) is 8.58. The fraction of sp³-hybridized carbons (Fsp3) is 0.704. The Hall–Kier alpha value is -1.12. The van der Waals surface area contributed by atoms with E-state index < -0.39 is 0 Å². The molecule has 0 saturated heterocycles. The molecular weight excluding hydrogens is 356 g/mol. The van der Waals surface area contributed by atoms with Crippen molar-refractivity contribution in [2.45, 2.75) is 90.3 Å². The minimum Gasteiger partial charge on any atom is -0.393 e. The van der Waals surface area contributed by atoms with Gasteiger partial charge in [0.05, 0.1) is 12.2 Å². The SMILES string of the molecule is C=C1CC[C@H](O)C/C1=C/C=C1\CCC[C@]2(C)[C@@H]([C@H](C)/C=C/[C@H](O)C3CC3)CC[C@@H]12. The molecule has 0 aromatic rings. The molecule has 6 atom stereocenters. The van der Waals surface area contributed by atoms with E-state index >= 15 is 0 Å². The normalized spacial score (nSPS) is 40.6. The zero-order chi connectivity index (χ0) is 20.6. The molecule has 0 amide bonds. The number of rotatable bonds is 5. The summed E-state index contributed by atoms with van der Waals surface area (Å²) in [6.45, 7) is 9.11. The summed E-state index contributed by atoms with van der Waals surface area (Å²) in [5.74, 6) is 2.45. The van der Waals surface area contributed by atoms with Crippen LogP contribution < -0.4 is 0 Å². The smallest absolute Gasteiger partial charge is 0.0749 e. The first-order chi connectivity index (χ1) is 13.9. The maximum Gasteiger partial charge on any atom is 0.0749 e. The van der Waals surface area contributed by atoms with Crippen LogP contribution in [0.5, 0.6) is 0 Å². The van der Waals surface area contributed by atoms with Gasteiger partial charge in [-0.15, -0.1) is 0 Å². The lowest BCUT2D eigenvalue weighted by Crippen LogP contribution is -2.35. The third-order valence-corrected chi connectivity index (χ3v) is 8.58. The molecule has 2 nitrogen and oxygen atoms in total. The monoisotopic (exact) mass is 396 g/mol. The topological polar surface area (TPSA) is 40.5 Å². The van der Waals surface area contributed by atoms with E-state index in [9.17, 15) is 10.2 Å². The molecule has 160 valence electrons. The Morgan fingerprint density at radius 1 is 1.07 bits per heavy atom. The van der Waals surface area contributed by atoms with Crippen LogP contribution in [-0.4, -0.2) is 22.4 Å².